The van der Waals surface area contributed by atoms with Crippen LogP contribution in [-0.4, -0.2) is 27.3 Å². The van der Waals surface area contributed by atoms with Gasteiger partial charge in [-0.05, 0) is 31.2 Å². The van der Waals surface area contributed by atoms with Crippen LogP contribution in [0.2, 0.25) is 0 Å². The summed E-state index contributed by atoms with van der Waals surface area (Å²) in [6.07, 6.45) is 1.50. The Labute approximate surface area is 146 Å². The van der Waals surface area contributed by atoms with Crippen molar-refractivity contribution < 1.29 is 18.3 Å². The van der Waals surface area contributed by atoms with Crippen LogP contribution >= 0.6 is 11.3 Å². The fourth-order valence-electron chi connectivity index (χ4n) is 2.16. The Kier molecular flexibility index (Phi) is 4.75. The van der Waals surface area contributed by atoms with Crippen molar-refractivity contribution in [3.8, 4) is 17.0 Å². The van der Waals surface area contributed by atoms with Crippen LogP contribution in [0.5, 0.6) is 5.75 Å². The molecule has 3 aromatic rings. The fraction of sp³-hybridized carbons (Fsp3) is 0.188. The average molecular weight is 364 g/mol. The number of hydrogen-bond acceptors (Lipinski definition) is 5. The number of anilines is 1. The van der Waals surface area contributed by atoms with E-state index in [1.54, 1.807) is 36.2 Å². The summed E-state index contributed by atoms with van der Waals surface area (Å²) in [6, 6.07) is 6.14. The van der Waals surface area contributed by atoms with E-state index in [9.17, 15) is 13.6 Å². The molecule has 1 aromatic carbocycles. The van der Waals surface area contributed by atoms with Gasteiger partial charge in [-0.3, -0.25) is 14.8 Å². The number of halogens is 2. The number of rotatable bonds is 5. The third-order valence-corrected chi connectivity index (χ3v) is 4.34. The number of thiazole rings is 1. The van der Waals surface area contributed by atoms with Gasteiger partial charge in [0.2, 0.25) is 0 Å². The van der Waals surface area contributed by atoms with E-state index in [0.29, 0.717) is 16.4 Å². The van der Waals surface area contributed by atoms with Gasteiger partial charge in [0.25, 0.3) is 5.91 Å². The Balaban J connectivity index is 1.72. The van der Waals surface area contributed by atoms with E-state index in [1.807, 2.05) is 0 Å². The molecule has 9 heteroatoms. The highest BCUT2D eigenvalue weighted by Crippen LogP contribution is 2.27. The summed E-state index contributed by atoms with van der Waals surface area (Å²) in [5.74, 6) is -0.207. The van der Waals surface area contributed by atoms with Crippen LogP contribution < -0.4 is 10.1 Å². The van der Waals surface area contributed by atoms with Crippen LogP contribution in [0.25, 0.3) is 11.3 Å². The normalized spacial score (nSPS) is 10.9. The summed E-state index contributed by atoms with van der Waals surface area (Å²) in [4.78, 5) is 16.6. The summed E-state index contributed by atoms with van der Waals surface area (Å²) in [5, 5.41) is 8.98. The molecule has 0 saturated heterocycles. The SMILES string of the molecule is Cc1c(C(=O)Nc2nc(-c3ccc(OC(F)F)cc3)cs2)cnn1C. The lowest BCUT2D eigenvalue weighted by Gasteiger charge is -2.04. The molecule has 0 unspecified atom stereocenters. The third-order valence-electron chi connectivity index (χ3n) is 3.58. The third kappa shape index (κ3) is 3.82. The highest BCUT2D eigenvalue weighted by molar-refractivity contribution is 7.14. The number of nitrogens with one attached hydrogen (secondary N) is 1. The number of alkyl halides is 2. The molecule has 130 valence electrons. The molecule has 2 aromatic heterocycles. The lowest BCUT2D eigenvalue weighted by atomic mass is 10.2. The molecular weight excluding hydrogens is 350 g/mol. The van der Waals surface area contributed by atoms with Gasteiger partial charge >= 0.3 is 6.61 Å². The number of carbonyl (C=O) groups excluding carboxylic acids is 1. The topological polar surface area (TPSA) is 69.0 Å². The Morgan fingerprint density at radius 2 is 2.04 bits per heavy atom. The van der Waals surface area contributed by atoms with Crippen LogP contribution in [0.4, 0.5) is 13.9 Å². The molecule has 0 saturated carbocycles. The smallest absolute Gasteiger partial charge is 0.387 e. The first-order valence-corrected chi connectivity index (χ1v) is 8.12. The quantitative estimate of drug-likeness (QED) is 0.749. The van der Waals surface area contributed by atoms with Gasteiger partial charge in [-0.1, -0.05) is 0 Å². The molecular formula is C16H14F2N4O2S. The fourth-order valence-corrected chi connectivity index (χ4v) is 2.87. The van der Waals surface area contributed by atoms with E-state index in [1.165, 1.54) is 29.7 Å². The van der Waals surface area contributed by atoms with E-state index in [-0.39, 0.29) is 11.7 Å². The molecule has 0 aliphatic heterocycles. The summed E-state index contributed by atoms with van der Waals surface area (Å²) in [7, 11) is 1.76. The van der Waals surface area contributed by atoms with E-state index in [0.717, 1.165) is 11.3 Å². The molecule has 1 amide bonds. The van der Waals surface area contributed by atoms with Crippen molar-refractivity contribution in [2.24, 2.45) is 7.05 Å². The van der Waals surface area contributed by atoms with Gasteiger partial charge in [-0.15, -0.1) is 11.3 Å². The minimum absolute atomic E-state index is 0.0783. The molecule has 0 radical (unpaired) electrons. The molecule has 2 heterocycles. The summed E-state index contributed by atoms with van der Waals surface area (Å²) in [5.41, 5.74) is 2.60. The lowest BCUT2D eigenvalue weighted by molar-refractivity contribution is -0.0498. The summed E-state index contributed by atoms with van der Waals surface area (Å²) < 4.78 is 30.2. The maximum Gasteiger partial charge on any atom is 0.387 e. The zero-order valence-electron chi connectivity index (χ0n) is 13.4. The average Bonchev–Trinajstić information content (AvgIpc) is 3.15. The van der Waals surface area contributed by atoms with Crippen molar-refractivity contribution in [1.29, 1.82) is 0 Å². The summed E-state index contributed by atoms with van der Waals surface area (Å²) >= 11 is 1.27. The van der Waals surface area contributed by atoms with Gasteiger partial charge in [-0.2, -0.15) is 13.9 Å². The van der Waals surface area contributed by atoms with Crippen LogP contribution in [0.1, 0.15) is 16.1 Å². The number of nitrogens with zero attached hydrogens (tertiary/aromatic N) is 3. The van der Waals surface area contributed by atoms with Gasteiger partial charge in [0, 0.05) is 23.7 Å². The van der Waals surface area contributed by atoms with Crippen LogP contribution in [0, 0.1) is 6.92 Å². The molecule has 0 atom stereocenters. The molecule has 3 rings (SSSR count). The minimum atomic E-state index is -2.86. The van der Waals surface area contributed by atoms with Gasteiger partial charge in [0.15, 0.2) is 5.13 Å². The van der Waals surface area contributed by atoms with E-state index >= 15 is 0 Å². The van der Waals surface area contributed by atoms with Gasteiger partial charge in [0.05, 0.1) is 17.5 Å². The Morgan fingerprint density at radius 3 is 2.64 bits per heavy atom. The van der Waals surface area contributed by atoms with Crippen LogP contribution in [0.15, 0.2) is 35.8 Å². The highest BCUT2D eigenvalue weighted by Gasteiger charge is 2.15. The molecule has 0 aliphatic carbocycles. The predicted octanol–water partition coefficient (Wildman–Crippen LogP) is 3.71. The highest BCUT2D eigenvalue weighted by atomic mass is 32.1. The maximum atomic E-state index is 12.3. The number of carbonyl (C=O) groups is 1. The lowest BCUT2D eigenvalue weighted by Crippen LogP contribution is -2.12. The van der Waals surface area contributed by atoms with Gasteiger partial charge in [0.1, 0.15) is 5.75 Å². The van der Waals surface area contributed by atoms with Crippen molar-refractivity contribution in [3.05, 3.63) is 47.1 Å². The molecule has 0 fully saturated rings. The summed E-state index contributed by atoms with van der Waals surface area (Å²) in [6.45, 7) is -1.05. The Hall–Kier alpha value is -2.81. The van der Waals surface area contributed by atoms with Crippen LogP contribution in [-0.2, 0) is 7.05 Å². The largest absolute Gasteiger partial charge is 0.435 e. The maximum absolute atomic E-state index is 12.3. The first kappa shape index (κ1) is 17.0. The van der Waals surface area contributed by atoms with E-state index in [2.05, 4.69) is 20.1 Å². The number of hydrogen-bond donors (Lipinski definition) is 1. The van der Waals surface area contributed by atoms with Crippen molar-refractivity contribution in [3.63, 3.8) is 0 Å². The number of benzene rings is 1. The number of aromatic nitrogens is 3. The molecule has 0 bridgehead atoms. The molecule has 6 nitrogen and oxygen atoms in total. The van der Waals surface area contributed by atoms with Gasteiger partial charge in [-0.25, -0.2) is 4.98 Å². The second-order valence-electron chi connectivity index (χ2n) is 5.16. The number of aryl methyl sites for hydroxylation is 1. The molecule has 0 aliphatic rings. The van der Waals surface area contributed by atoms with Gasteiger partial charge < -0.3 is 4.74 Å². The molecule has 0 spiro atoms. The number of amides is 1. The first-order chi connectivity index (χ1) is 11.9. The number of ether oxygens (including phenoxy) is 1. The second kappa shape index (κ2) is 6.98. The van der Waals surface area contributed by atoms with Crippen molar-refractivity contribution >= 4 is 22.4 Å². The Morgan fingerprint density at radius 1 is 1.32 bits per heavy atom. The zero-order valence-corrected chi connectivity index (χ0v) is 14.2. The minimum Gasteiger partial charge on any atom is -0.435 e. The molecule has 1 N–H and O–H groups in total. The Bertz CT molecular complexity index is 890. The monoisotopic (exact) mass is 364 g/mol. The predicted molar refractivity (Wildman–Crippen MR) is 90.1 cm³/mol. The standard InChI is InChI=1S/C16H14F2N4O2S/c1-9-12(7-19-22(9)2)14(23)21-16-20-13(8-25-16)10-3-5-11(6-4-10)24-15(17)18/h3-8,15H,1-2H3,(H,20,21,23). The van der Waals surface area contributed by atoms with Crippen molar-refractivity contribution in [2.45, 2.75) is 13.5 Å². The van der Waals surface area contributed by atoms with Crippen molar-refractivity contribution in [2.75, 3.05) is 5.32 Å². The van der Waals surface area contributed by atoms with Crippen LogP contribution in [0.3, 0.4) is 0 Å². The molecule has 25 heavy (non-hydrogen) atoms. The zero-order chi connectivity index (χ0) is 18.0. The van der Waals surface area contributed by atoms with E-state index in [4.69, 9.17) is 0 Å². The van der Waals surface area contributed by atoms with E-state index < -0.39 is 6.61 Å². The van der Waals surface area contributed by atoms with Crippen molar-refractivity contribution in [1.82, 2.24) is 14.8 Å². The first-order valence-electron chi connectivity index (χ1n) is 7.25. The second-order valence-corrected chi connectivity index (χ2v) is 6.02.